The zero-order valence-corrected chi connectivity index (χ0v) is 14.6. The molecule has 2 N–H and O–H groups in total. The Morgan fingerprint density at radius 1 is 1.10 bits per heavy atom. The fraction of sp³-hybridized carbons (Fsp3) is 0.333. The van der Waals surface area contributed by atoms with Gasteiger partial charge in [-0.3, -0.25) is 0 Å². The number of nitrogens with two attached hydrogens (primary N) is 1. The SMILES string of the molecule is Cc1cc(C)c(C)c(Oc2cc(Br)ccc2CC(C)N)c1. The highest BCUT2D eigenvalue weighted by atomic mass is 79.9. The van der Waals surface area contributed by atoms with Crippen molar-refractivity contribution in [1.82, 2.24) is 0 Å². The summed E-state index contributed by atoms with van der Waals surface area (Å²) in [6.45, 7) is 8.29. The van der Waals surface area contributed by atoms with Crippen LogP contribution < -0.4 is 10.5 Å². The molecule has 0 aromatic heterocycles. The quantitative estimate of drug-likeness (QED) is 0.839. The lowest BCUT2D eigenvalue weighted by Gasteiger charge is -2.16. The minimum Gasteiger partial charge on any atom is -0.457 e. The zero-order chi connectivity index (χ0) is 15.6. The van der Waals surface area contributed by atoms with E-state index in [9.17, 15) is 0 Å². The summed E-state index contributed by atoms with van der Waals surface area (Å²) >= 11 is 3.51. The molecule has 112 valence electrons. The van der Waals surface area contributed by atoms with Gasteiger partial charge in [-0.15, -0.1) is 0 Å². The number of benzene rings is 2. The van der Waals surface area contributed by atoms with Crippen LogP contribution in [0.25, 0.3) is 0 Å². The van der Waals surface area contributed by atoms with Crippen molar-refractivity contribution in [2.24, 2.45) is 5.73 Å². The van der Waals surface area contributed by atoms with E-state index in [1.54, 1.807) is 0 Å². The van der Waals surface area contributed by atoms with Crippen LogP contribution in [0.1, 0.15) is 29.2 Å². The van der Waals surface area contributed by atoms with Crippen LogP contribution in [0.2, 0.25) is 0 Å². The molecule has 0 bridgehead atoms. The summed E-state index contributed by atoms with van der Waals surface area (Å²) in [5.74, 6) is 1.78. The monoisotopic (exact) mass is 347 g/mol. The van der Waals surface area contributed by atoms with Gasteiger partial charge in [0.15, 0.2) is 0 Å². The van der Waals surface area contributed by atoms with E-state index >= 15 is 0 Å². The molecule has 1 unspecified atom stereocenters. The molecule has 0 saturated carbocycles. The minimum atomic E-state index is 0.105. The Kier molecular flexibility index (Phi) is 5.07. The number of hydrogen-bond donors (Lipinski definition) is 1. The van der Waals surface area contributed by atoms with Gasteiger partial charge < -0.3 is 10.5 Å². The molecule has 0 radical (unpaired) electrons. The molecule has 0 saturated heterocycles. The summed E-state index contributed by atoms with van der Waals surface area (Å²) < 4.78 is 7.21. The molecule has 0 aliphatic heterocycles. The molecule has 2 rings (SSSR count). The highest BCUT2D eigenvalue weighted by Gasteiger charge is 2.11. The second kappa shape index (κ2) is 6.63. The van der Waals surface area contributed by atoms with Crippen molar-refractivity contribution in [3.63, 3.8) is 0 Å². The first-order valence-electron chi connectivity index (χ1n) is 7.16. The predicted octanol–water partition coefficient (Wildman–Crippen LogP) is 5.06. The van der Waals surface area contributed by atoms with E-state index in [2.05, 4.69) is 54.9 Å². The third-order valence-electron chi connectivity index (χ3n) is 3.56. The normalized spacial score (nSPS) is 12.3. The van der Waals surface area contributed by atoms with Crippen LogP contribution in [0.3, 0.4) is 0 Å². The van der Waals surface area contributed by atoms with E-state index in [0.29, 0.717) is 0 Å². The van der Waals surface area contributed by atoms with Crippen LogP contribution in [0.4, 0.5) is 0 Å². The topological polar surface area (TPSA) is 35.2 Å². The van der Waals surface area contributed by atoms with Crippen LogP contribution >= 0.6 is 15.9 Å². The van der Waals surface area contributed by atoms with Gasteiger partial charge in [0.1, 0.15) is 11.5 Å². The molecule has 1 atom stereocenters. The van der Waals surface area contributed by atoms with Gasteiger partial charge in [-0.25, -0.2) is 0 Å². The molecule has 0 amide bonds. The van der Waals surface area contributed by atoms with Crippen LogP contribution in [-0.4, -0.2) is 6.04 Å². The van der Waals surface area contributed by atoms with Crippen LogP contribution in [0.15, 0.2) is 34.8 Å². The van der Waals surface area contributed by atoms with Gasteiger partial charge in [0.05, 0.1) is 0 Å². The number of hydrogen-bond acceptors (Lipinski definition) is 2. The van der Waals surface area contributed by atoms with Gasteiger partial charge in [0, 0.05) is 10.5 Å². The standard InChI is InChI=1S/C18H22BrNO/c1-11-7-12(2)14(4)17(8-11)21-18-10-16(19)6-5-15(18)9-13(3)20/h5-8,10,13H,9,20H2,1-4H3. The highest BCUT2D eigenvalue weighted by Crippen LogP contribution is 2.32. The molecule has 0 aliphatic rings. The fourth-order valence-electron chi connectivity index (χ4n) is 2.36. The Morgan fingerprint density at radius 2 is 1.81 bits per heavy atom. The average molecular weight is 348 g/mol. The molecule has 0 spiro atoms. The molecule has 2 aromatic rings. The Hall–Kier alpha value is -1.32. The third-order valence-corrected chi connectivity index (χ3v) is 4.05. The molecule has 0 heterocycles. The van der Waals surface area contributed by atoms with Crippen molar-refractivity contribution in [3.8, 4) is 11.5 Å². The van der Waals surface area contributed by atoms with Gasteiger partial charge >= 0.3 is 0 Å². The lowest BCUT2D eigenvalue weighted by molar-refractivity contribution is 0.469. The summed E-state index contributed by atoms with van der Waals surface area (Å²) in [7, 11) is 0. The summed E-state index contributed by atoms with van der Waals surface area (Å²) in [5, 5.41) is 0. The molecule has 21 heavy (non-hydrogen) atoms. The lowest BCUT2D eigenvalue weighted by atomic mass is 10.0. The largest absolute Gasteiger partial charge is 0.457 e. The van der Waals surface area contributed by atoms with E-state index in [-0.39, 0.29) is 6.04 Å². The molecule has 3 heteroatoms. The predicted molar refractivity (Wildman–Crippen MR) is 92.2 cm³/mol. The van der Waals surface area contributed by atoms with E-state index in [4.69, 9.17) is 10.5 Å². The minimum absolute atomic E-state index is 0.105. The van der Waals surface area contributed by atoms with Crippen LogP contribution in [0, 0.1) is 20.8 Å². The molecule has 0 aliphatic carbocycles. The maximum Gasteiger partial charge on any atom is 0.131 e. The Morgan fingerprint density at radius 3 is 2.48 bits per heavy atom. The number of rotatable bonds is 4. The Balaban J connectivity index is 2.41. The van der Waals surface area contributed by atoms with E-state index < -0.39 is 0 Å². The second-order valence-corrected chi connectivity index (χ2v) is 6.66. The van der Waals surface area contributed by atoms with E-state index in [1.807, 2.05) is 19.1 Å². The van der Waals surface area contributed by atoms with E-state index in [0.717, 1.165) is 28.0 Å². The molecule has 2 aromatic carbocycles. The van der Waals surface area contributed by atoms with Gasteiger partial charge in [-0.05, 0) is 74.6 Å². The lowest BCUT2D eigenvalue weighted by Crippen LogP contribution is -2.18. The Labute approximate surface area is 135 Å². The van der Waals surface area contributed by atoms with E-state index in [1.165, 1.54) is 16.7 Å². The molecular weight excluding hydrogens is 326 g/mol. The van der Waals surface area contributed by atoms with Gasteiger partial charge in [0.2, 0.25) is 0 Å². The van der Waals surface area contributed by atoms with Crippen LogP contribution in [0.5, 0.6) is 11.5 Å². The van der Waals surface area contributed by atoms with Crippen molar-refractivity contribution < 1.29 is 4.74 Å². The highest BCUT2D eigenvalue weighted by molar-refractivity contribution is 9.10. The van der Waals surface area contributed by atoms with Crippen molar-refractivity contribution in [2.75, 3.05) is 0 Å². The number of aryl methyl sites for hydroxylation is 2. The first-order chi connectivity index (χ1) is 9.86. The maximum atomic E-state index is 6.20. The summed E-state index contributed by atoms with van der Waals surface area (Å²) in [6, 6.07) is 10.5. The zero-order valence-electron chi connectivity index (χ0n) is 13.0. The van der Waals surface area contributed by atoms with Crippen molar-refractivity contribution in [2.45, 2.75) is 40.2 Å². The second-order valence-electron chi connectivity index (χ2n) is 5.74. The van der Waals surface area contributed by atoms with Crippen molar-refractivity contribution in [1.29, 1.82) is 0 Å². The summed E-state index contributed by atoms with van der Waals surface area (Å²) in [5.41, 5.74) is 10.7. The van der Waals surface area contributed by atoms with Gasteiger partial charge in [0.25, 0.3) is 0 Å². The van der Waals surface area contributed by atoms with Crippen molar-refractivity contribution >= 4 is 15.9 Å². The Bertz CT molecular complexity index is 650. The maximum absolute atomic E-state index is 6.20. The molecular formula is C18H22BrNO. The first-order valence-corrected chi connectivity index (χ1v) is 7.96. The van der Waals surface area contributed by atoms with Crippen molar-refractivity contribution in [3.05, 3.63) is 57.1 Å². The summed E-state index contributed by atoms with van der Waals surface area (Å²) in [6.07, 6.45) is 0.798. The number of ether oxygens (including phenoxy) is 1. The smallest absolute Gasteiger partial charge is 0.131 e. The molecule has 2 nitrogen and oxygen atoms in total. The molecule has 0 fully saturated rings. The average Bonchev–Trinajstić information content (AvgIpc) is 2.38. The van der Waals surface area contributed by atoms with Crippen LogP contribution in [-0.2, 0) is 6.42 Å². The van der Waals surface area contributed by atoms with Gasteiger partial charge in [-0.2, -0.15) is 0 Å². The first kappa shape index (κ1) is 16.1. The third kappa shape index (κ3) is 4.08. The summed E-state index contributed by atoms with van der Waals surface area (Å²) in [4.78, 5) is 0. The number of halogens is 1. The fourth-order valence-corrected chi connectivity index (χ4v) is 2.70. The van der Waals surface area contributed by atoms with Gasteiger partial charge in [-0.1, -0.05) is 28.1 Å².